The average molecular weight is 494 g/mol. The predicted molar refractivity (Wildman–Crippen MR) is 117 cm³/mol. The molecule has 172 valence electrons. The lowest BCUT2D eigenvalue weighted by Gasteiger charge is -2.22. The molecule has 1 aromatic carbocycles. The van der Waals surface area contributed by atoms with Crippen LogP contribution in [-0.2, 0) is 16.6 Å². The van der Waals surface area contributed by atoms with E-state index in [1.807, 2.05) is 10.8 Å². The lowest BCUT2D eigenvalue weighted by atomic mass is 10.2. The molecule has 0 aliphatic rings. The SMILES string of the molecule is Cc1sc(N(Cc2ccc(OC(F)F)nc2)c2ccc(C#N)cc2)nc1C(=O)NS(C)(=O)=O. The number of aryl methyl sites for hydroxylation is 1. The van der Waals surface area contributed by atoms with Gasteiger partial charge in [-0.2, -0.15) is 14.0 Å². The first-order chi connectivity index (χ1) is 15.6. The molecule has 0 unspecified atom stereocenters. The number of thiazole rings is 1. The van der Waals surface area contributed by atoms with E-state index in [1.165, 1.54) is 12.3 Å². The molecule has 2 heterocycles. The van der Waals surface area contributed by atoms with Crippen LogP contribution in [0.1, 0.15) is 26.5 Å². The van der Waals surface area contributed by atoms with Crippen molar-refractivity contribution in [2.24, 2.45) is 0 Å². The molecule has 9 nitrogen and oxygen atoms in total. The Kier molecular flexibility index (Phi) is 7.19. The first kappa shape index (κ1) is 24.0. The van der Waals surface area contributed by atoms with Gasteiger partial charge in [0.2, 0.25) is 15.9 Å². The maximum absolute atomic E-state index is 12.4. The summed E-state index contributed by atoms with van der Waals surface area (Å²) in [7, 11) is -3.77. The summed E-state index contributed by atoms with van der Waals surface area (Å²) >= 11 is 1.16. The highest BCUT2D eigenvalue weighted by Crippen LogP contribution is 2.33. The monoisotopic (exact) mass is 493 g/mol. The van der Waals surface area contributed by atoms with Crippen molar-refractivity contribution in [3.63, 3.8) is 0 Å². The van der Waals surface area contributed by atoms with E-state index in [0.717, 1.165) is 17.6 Å². The highest BCUT2D eigenvalue weighted by molar-refractivity contribution is 7.89. The number of nitrogens with zero attached hydrogens (tertiary/aromatic N) is 4. The van der Waals surface area contributed by atoms with Gasteiger partial charge in [0.15, 0.2) is 5.13 Å². The predicted octanol–water partition coefficient (Wildman–Crippen LogP) is 3.35. The number of halogens is 2. The third-order valence-electron chi connectivity index (χ3n) is 4.17. The van der Waals surface area contributed by atoms with E-state index in [-0.39, 0.29) is 18.1 Å². The van der Waals surface area contributed by atoms with Crippen molar-refractivity contribution in [1.29, 1.82) is 5.26 Å². The van der Waals surface area contributed by atoms with Gasteiger partial charge in [0, 0.05) is 22.8 Å². The van der Waals surface area contributed by atoms with E-state index in [0.29, 0.717) is 26.8 Å². The molecule has 13 heteroatoms. The number of anilines is 2. The quantitative estimate of drug-likeness (QED) is 0.506. The van der Waals surface area contributed by atoms with Crippen LogP contribution < -0.4 is 14.4 Å². The summed E-state index contributed by atoms with van der Waals surface area (Å²) in [6, 6.07) is 11.5. The number of carbonyl (C=O) groups is 1. The summed E-state index contributed by atoms with van der Waals surface area (Å²) in [5.41, 5.74) is 1.65. The van der Waals surface area contributed by atoms with Crippen molar-refractivity contribution >= 4 is 38.1 Å². The Morgan fingerprint density at radius 2 is 1.97 bits per heavy atom. The zero-order valence-electron chi connectivity index (χ0n) is 17.3. The Bertz CT molecular complexity index is 1290. The molecule has 1 N–H and O–H groups in total. The fourth-order valence-electron chi connectivity index (χ4n) is 2.76. The number of sulfonamides is 1. The molecule has 1 amide bonds. The number of hydrogen-bond acceptors (Lipinski definition) is 9. The number of amides is 1. The van der Waals surface area contributed by atoms with Crippen LogP contribution in [0.15, 0.2) is 42.6 Å². The number of rotatable bonds is 8. The molecule has 2 aromatic heterocycles. The molecule has 33 heavy (non-hydrogen) atoms. The van der Waals surface area contributed by atoms with E-state index in [2.05, 4.69) is 14.7 Å². The second-order valence-corrected chi connectivity index (χ2v) is 9.66. The van der Waals surface area contributed by atoms with Crippen LogP contribution in [0.4, 0.5) is 19.6 Å². The van der Waals surface area contributed by atoms with Gasteiger partial charge in [-0.25, -0.2) is 23.1 Å². The Labute approximate surface area is 192 Å². The minimum absolute atomic E-state index is 0.0436. The second-order valence-electron chi connectivity index (χ2n) is 6.73. The topological polar surface area (TPSA) is 125 Å². The van der Waals surface area contributed by atoms with Crippen LogP contribution in [0.3, 0.4) is 0 Å². The van der Waals surface area contributed by atoms with Crippen molar-refractivity contribution in [2.75, 3.05) is 11.2 Å². The average Bonchev–Trinajstić information content (AvgIpc) is 3.13. The number of pyridine rings is 1. The highest BCUT2D eigenvalue weighted by atomic mass is 32.2. The lowest BCUT2D eigenvalue weighted by molar-refractivity contribution is -0.0528. The largest absolute Gasteiger partial charge is 0.417 e. The first-order valence-electron chi connectivity index (χ1n) is 9.22. The third-order valence-corrected chi connectivity index (χ3v) is 5.72. The van der Waals surface area contributed by atoms with Gasteiger partial charge in [-0.05, 0) is 36.8 Å². The van der Waals surface area contributed by atoms with Gasteiger partial charge in [-0.15, -0.1) is 11.3 Å². The van der Waals surface area contributed by atoms with Crippen molar-refractivity contribution in [2.45, 2.75) is 20.1 Å². The van der Waals surface area contributed by atoms with Crippen LogP contribution in [0.25, 0.3) is 0 Å². The Morgan fingerprint density at radius 3 is 2.52 bits per heavy atom. The van der Waals surface area contributed by atoms with Gasteiger partial charge < -0.3 is 9.64 Å². The second kappa shape index (κ2) is 9.88. The number of ether oxygens (including phenoxy) is 1. The zero-order valence-corrected chi connectivity index (χ0v) is 19.0. The number of aromatic nitrogens is 2. The van der Waals surface area contributed by atoms with E-state index in [4.69, 9.17) is 5.26 Å². The molecule has 0 fully saturated rings. The molecular formula is C20H17F2N5O4S2. The Hall–Kier alpha value is -3.63. The molecule has 0 aliphatic heterocycles. The summed E-state index contributed by atoms with van der Waals surface area (Å²) in [5, 5.41) is 9.44. The molecule has 0 bridgehead atoms. The van der Waals surface area contributed by atoms with Crippen molar-refractivity contribution in [1.82, 2.24) is 14.7 Å². The van der Waals surface area contributed by atoms with Gasteiger partial charge >= 0.3 is 6.61 Å². The van der Waals surface area contributed by atoms with Gasteiger partial charge in [-0.1, -0.05) is 6.07 Å². The van der Waals surface area contributed by atoms with Crippen LogP contribution in [0, 0.1) is 18.3 Å². The fourth-order valence-corrected chi connectivity index (χ4v) is 4.12. The van der Waals surface area contributed by atoms with Gasteiger partial charge in [0.25, 0.3) is 5.91 Å². The van der Waals surface area contributed by atoms with Crippen LogP contribution in [0.2, 0.25) is 0 Å². The minimum atomic E-state index is -3.77. The smallest absolute Gasteiger partial charge is 0.388 e. The van der Waals surface area contributed by atoms with Crippen LogP contribution in [0.5, 0.6) is 5.88 Å². The van der Waals surface area contributed by atoms with Gasteiger partial charge in [0.05, 0.1) is 24.4 Å². The molecule has 0 spiro atoms. The fraction of sp³-hybridized carbons (Fsp3) is 0.200. The maximum atomic E-state index is 12.4. The zero-order chi connectivity index (χ0) is 24.2. The number of benzene rings is 1. The Morgan fingerprint density at radius 1 is 1.27 bits per heavy atom. The van der Waals surface area contributed by atoms with Crippen molar-refractivity contribution < 1.29 is 26.7 Å². The molecule has 0 saturated heterocycles. The summed E-state index contributed by atoms with van der Waals surface area (Å²) in [5.74, 6) is -1.09. The van der Waals surface area contributed by atoms with E-state index < -0.39 is 22.5 Å². The third kappa shape index (κ3) is 6.43. The summed E-state index contributed by atoms with van der Waals surface area (Å²) in [6.07, 6.45) is 2.23. The molecular weight excluding hydrogens is 476 g/mol. The number of hydrogen-bond donors (Lipinski definition) is 1. The van der Waals surface area contributed by atoms with Crippen LogP contribution in [-0.4, -0.2) is 37.2 Å². The highest BCUT2D eigenvalue weighted by Gasteiger charge is 2.22. The van der Waals surface area contributed by atoms with Gasteiger partial charge in [0.1, 0.15) is 5.69 Å². The normalized spacial score (nSPS) is 11.2. The molecule has 0 atom stereocenters. The van der Waals surface area contributed by atoms with E-state index in [9.17, 15) is 22.0 Å². The summed E-state index contributed by atoms with van der Waals surface area (Å²) in [4.78, 5) is 22.7. The molecule has 0 radical (unpaired) electrons. The number of nitriles is 1. The van der Waals surface area contributed by atoms with Gasteiger partial charge in [-0.3, -0.25) is 4.79 Å². The standard InChI is InChI=1S/C20H17F2N5O4S2/c1-12-17(18(28)26-33(2,29)30)25-20(32-12)27(15-6-3-13(9-23)4-7-15)11-14-5-8-16(24-10-14)31-19(21)22/h3-8,10,19H,11H2,1-2H3,(H,26,28). The van der Waals surface area contributed by atoms with E-state index in [1.54, 1.807) is 42.2 Å². The lowest BCUT2D eigenvalue weighted by Crippen LogP contribution is -2.30. The van der Waals surface area contributed by atoms with Crippen molar-refractivity contribution in [3.8, 4) is 11.9 Å². The maximum Gasteiger partial charge on any atom is 0.388 e. The Balaban J connectivity index is 1.96. The number of alkyl halides is 2. The molecule has 3 aromatic rings. The van der Waals surface area contributed by atoms with Crippen LogP contribution >= 0.6 is 11.3 Å². The first-order valence-corrected chi connectivity index (χ1v) is 11.9. The number of nitrogens with one attached hydrogen (secondary N) is 1. The molecule has 3 rings (SSSR count). The van der Waals surface area contributed by atoms with Crippen molar-refractivity contribution in [3.05, 3.63) is 64.3 Å². The minimum Gasteiger partial charge on any atom is -0.417 e. The summed E-state index contributed by atoms with van der Waals surface area (Å²) < 4.78 is 53.8. The summed E-state index contributed by atoms with van der Waals surface area (Å²) in [6.45, 7) is -1.17. The number of carbonyl (C=O) groups excluding carboxylic acids is 1. The molecule has 0 aliphatic carbocycles. The van der Waals surface area contributed by atoms with E-state index >= 15 is 0 Å². The molecule has 0 saturated carbocycles.